The maximum absolute atomic E-state index is 13.7. The van der Waals surface area contributed by atoms with Gasteiger partial charge >= 0.3 is 6.03 Å². The molecule has 3 amide bonds. The van der Waals surface area contributed by atoms with Gasteiger partial charge in [-0.2, -0.15) is 0 Å². The number of ether oxygens (including phenoxy) is 3. The molecule has 0 saturated carbocycles. The van der Waals surface area contributed by atoms with Gasteiger partial charge in [0.2, 0.25) is 5.91 Å². The molecule has 0 aliphatic carbocycles. The fourth-order valence-corrected chi connectivity index (χ4v) is 5.12. The Labute approximate surface area is 235 Å². The van der Waals surface area contributed by atoms with Crippen molar-refractivity contribution in [3.8, 4) is 17.2 Å². The Morgan fingerprint density at radius 2 is 1.64 bits per heavy atom. The number of thiophene rings is 1. The van der Waals surface area contributed by atoms with Crippen LogP contribution in [-0.4, -0.2) is 62.7 Å². The van der Waals surface area contributed by atoms with Crippen LogP contribution in [0.15, 0.2) is 53.9 Å². The molecular weight excluding hydrogens is 514 g/mol. The van der Waals surface area contributed by atoms with Gasteiger partial charge in [0, 0.05) is 18.0 Å². The van der Waals surface area contributed by atoms with Crippen molar-refractivity contribution in [3.63, 3.8) is 0 Å². The number of anilines is 1. The van der Waals surface area contributed by atoms with Gasteiger partial charge in [-0.1, -0.05) is 32.0 Å². The topological polar surface area (TPSA) is 80.3 Å². The minimum absolute atomic E-state index is 0.0322. The smallest absolute Gasteiger partial charge is 0.322 e. The number of amides is 3. The van der Waals surface area contributed by atoms with Gasteiger partial charge in [-0.25, -0.2) is 4.79 Å². The van der Waals surface area contributed by atoms with Crippen molar-refractivity contribution in [3.05, 3.63) is 69.9 Å². The van der Waals surface area contributed by atoms with E-state index in [0.717, 1.165) is 16.0 Å². The summed E-state index contributed by atoms with van der Waals surface area (Å²) in [7, 11) is 4.77. The zero-order valence-electron chi connectivity index (χ0n) is 23.7. The van der Waals surface area contributed by atoms with E-state index in [-0.39, 0.29) is 24.4 Å². The monoisotopic (exact) mass is 553 g/mol. The van der Waals surface area contributed by atoms with Gasteiger partial charge in [-0.3, -0.25) is 4.79 Å². The van der Waals surface area contributed by atoms with Gasteiger partial charge in [0.25, 0.3) is 0 Å². The minimum atomic E-state index is -0.339. The largest absolute Gasteiger partial charge is 0.495 e. The molecule has 3 rings (SSSR count). The van der Waals surface area contributed by atoms with Gasteiger partial charge < -0.3 is 29.3 Å². The summed E-state index contributed by atoms with van der Waals surface area (Å²) in [5, 5.41) is 4.95. The lowest BCUT2D eigenvalue weighted by Gasteiger charge is -2.29. The van der Waals surface area contributed by atoms with Gasteiger partial charge in [0.05, 0.1) is 33.6 Å². The molecule has 3 aromatic rings. The summed E-state index contributed by atoms with van der Waals surface area (Å²) in [4.78, 5) is 31.6. The van der Waals surface area contributed by atoms with Gasteiger partial charge in [0.15, 0.2) is 11.5 Å². The van der Waals surface area contributed by atoms with Crippen LogP contribution in [0.25, 0.3) is 0 Å². The summed E-state index contributed by atoms with van der Waals surface area (Å²) in [6, 6.07) is 14.7. The van der Waals surface area contributed by atoms with Gasteiger partial charge in [-0.15, -0.1) is 11.3 Å². The number of carbonyl (C=O) groups is 2. The number of nitrogens with zero attached hydrogens (tertiary/aromatic N) is 2. The molecule has 0 fully saturated rings. The predicted octanol–water partition coefficient (Wildman–Crippen LogP) is 5.84. The molecule has 1 aromatic heterocycles. The van der Waals surface area contributed by atoms with E-state index in [0.29, 0.717) is 49.0 Å². The van der Waals surface area contributed by atoms with E-state index in [1.54, 1.807) is 49.7 Å². The molecule has 1 heterocycles. The first-order chi connectivity index (χ1) is 18.7. The minimum Gasteiger partial charge on any atom is -0.495 e. The maximum atomic E-state index is 13.7. The van der Waals surface area contributed by atoms with E-state index in [9.17, 15) is 9.59 Å². The molecule has 0 bridgehead atoms. The molecule has 0 aliphatic heterocycles. The molecule has 0 radical (unpaired) electrons. The second-order valence-electron chi connectivity index (χ2n) is 9.69. The highest BCUT2D eigenvalue weighted by Gasteiger charge is 2.24. The zero-order chi connectivity index (χ0) is 28.4. The number of urea groups is 1. The van der Waals surface area contributed by atoms with Crippen LogP contribution in [0, 0.1) is 12.8 Å². The zero-order valence-corrected chi connectivity index (χ0v) is 24.5. The summed E-state index contributed by atoms with van der Waals surface area (Å²) in [6.07, 6.45) is 0.633. The second kappa shape index (κ2) is 14.4. The van der Waals surface area contributed by atoms with Crippen molar-refractivity contribution in [1.82, 2.24) is 9.80 Å². The first kappa shape index (κ1) is 29.8. The van der Waals surface area contributed by atoms with Crippen molar-refractivity contribution in [2.45, 2.75) is 33.7 Å². The normalized spacial score (nSPS) is 10.7. The molecule has 1 N–H and O–H groups in total. The number of nitrogens with one attached hydrogen (secondary N) is 1. The van der Waals surface area contributed by atoms with Crippen LogP contribution < -0.4 is 19.5 Å². The molecule has 210 valence electrons. The number of para-hydroxylation sites is 2. The lowest BCUT2D eigenvalue weighted by atomic mass is 10.1. The number of hydrogen-bond acceptors (Lipinski definition) is 6. The average molecular weight is 554 g/mol. The van der Waals surface area contributed by atoms with Crippen LogP contribution in [0.2, 0.25) is 0 Å². The average Bonchev–Trinajstić information content (AvgIpc) is 3.34. The van der Waals surface area contributed by atoms with Crippen LogP contribution in [0.3, 0.4) is 0 Å². The van der Waals surface area contributed by atoms with Crippen molar-refractivity contribution in [2.75, 3.05) is 46.3 Å². The molecule has 8 nitrogen and oxygen atoms in total. The quantitative estimate of drug-likeness (QED) is 0.288. The number of methoxy groups -OCH3 is 3. The van der Waals surface area contributed by atoms with E-state index in [1.165, 1.54) is 0 Å². The molecule has 9 heteroatoms. The molecule has 0 saturated heterocycles. The Bertz CT molecular complexity index is 1240. The fourth-order valence-electron chi connectivity index (χ4n) is 4.20. The Balaban J connectivity index is 1.79. The third kappa shape index (κ3) is 8.38. The summed E-state index contributed by atoms with van der Waals surface area (Å²) < 4.78 is 16.2. The van der Waals surface area contributed by atoms with Crippen LogP contribution in [0.1, 0.15) is 29.9 Å². The van der Waals surface area contributed by atoms with Crippen LogP contribution >= 0.6 is 11.3 Å². The van der Waals surface area contributed by atoms with Gasteiger partial charge in [0.1, 0.15) is 12.3 Å². The molecule has 0 aliphatic rings. The second-order valence-corrected chi connectivity index (χ2v) is 10.7. The number of benzene rings is 2. The van der Waals surface area contributed by atoms with Crippen molar-refractivity contribution in [1.29, 1.82) is 0 Å². The lowest BCUT2D eigenvalue weighted by molar-refractivity contribution is -0.132. The van der Waals surface area contributed by atoms with Crippen molar-refractivity contribution < 1.29 is 23.8 Å². The summed E-state index contributed by atoms with van der Waals surface area (Å²) in [6.45, 7) is 7.49. The predicted molar refractivity (Wildman–Crippen MR) is 156 cm³/mol. The molecule has 0 atom stereocenters. The molecule has 0 unspecified atom stereocenters. The van der Waals surface area contributed by atoms with Crippen LogP contribution in [0.5, 0.6) is 17.2 Å². The molecule has 2 aromatic carbocycles. The van der Waals surface area contributed by atoms with E-state index >= 15 is 0 Å². The third-order valence-electron chi connectivity index (χ3n) is 6.32. The van der Waals surface area contributed by atoms with Crippen molar-refractivity contribution in [2.24, 2.45) is 5.92 Å². The summed E-state index contributed by atoms with van der Waals surface area (Å²) in [5.74, 6) is 1.94. The first-order valence-electron chi connectivity index (χ1n) is 13.0. The lowest BCUT2D eigenvalue weighted by Crippen LogP contribution is -2.46. The summed E-state index contributed by atoms with van der Waals surface area (Å²) in [5.41, 5.74) is 2.74. The summed E-state index contributed by atoms with van der Waals surface area (Å²) >= 11 is 1.63. The van der Waals surface area contributed by atoms with Crippen LogP contribution in [0.4, 0.5) is 10.5 Å². The fraction of sp³-hybridized carbons (Fsp3) is 0.400. The van der Waals surface area contributed by atoms with Crippen LogP contribution in [-0.2, 0) is 17.8 Å². The number of hydrogen-bond donors (Lipinski definition) is 1. The third-order valence-corrected chi connectivity index (χ3v) is 7.33. The SMILES string of the molecule is COc1ccccc1NC(=O)N(CC(=O)N(CCc1ccc(OC)c(OC)c1)Cc1sccc1C)CC(C)C. The number of aryl methyl sites for hydroxylation is 1. The highest BCUT2D eigenvalue weighted by molar-refractivity contribution is 7.10. The van der Waals surface area contributed by atoms with Crippen molar-refractivity contribution >= 4 is 29.0 Å². The molecule has 0 spiro atoms. The highest BCUT2D eigenvalue weighted by Crippen LogP contribution is 2.28. The Hall–Kier alpha value is -3.72. The van der Waals surface area contributed by atoms with E-state index < -0.39 is 0 Å². The van der Waals surface area contributed by atoms with Gasteiger partial charge in [-0.05, 0) is 66.1 Å². The van der Waals surface area contributed by atoms with E-state index in [4.69, 9.17) is 14.2 Å². The Kier molecular flexibility index (Phi) is 11.0. The standard InChI is InChI=1S/C30H39N3O5S/c1-21(2)18-33(30(35)31-24-9-7-8-10-25(24)36-4)20-29(34)32(19-28-22(3)14-16-39-28)15-13-23-11-12-26(37-5)27(17-23)38-6/h7-12,14,16-17,21H,13,15,18-20H2,1-6H3,(H,31,35). The first-order valence-corrected chi connectivity index (χ1v) is 13.8. The maximum Gasteiger partial charge on any atom is 0.322 e. The Morgan fingerprint density at radius 1 is 0.923 bits per heavy atom. The Morgan fingerprint density at radius 3 is 2.28 bits per heavy atom. The molecule has 39 heavy (non-hydrogen) atoms. The van der Waals surface area contributed by atoms with E-state index in [1.807, 2.05) is 54.5 Å². The number of carbonyl (C=O) groups excluding carboxylic acids is 2. The van der Waals surface area contributed by atoms with E-state index in [2.05, 4.69) is 18.3 Å². The highest BCUT2D eigenvalue weighted by atomic mass is 32.1. The number of rotatable bonds is 13. The molecular formula is C30H39N3O5S.